The van der Waals surface area contributed by atoms with Gasteiger partial charge in [0.25, 0.3) is 0 Å². The second-order valence-electron chi connectivity index (χ2n) is 3.13. The van der Waals surface area contributed by atoms with Crippen molar-refractivity contribution in [1.29, 1.82) is 0 Å². The van der Waals surface area contributed by atoms with Crippen LogP contribution in [0.25, 0.3) is 0 Å². The molecule has 1 nitrogen and oxygen atoms in total. The normalized spacial score (nSPS) is 15.8. The second-order valence-corrected chi connectivity index (χ2v) is 5.98. The molecule has 0 aromatic heterocycles. The van der Waals surface area contributed by atoms with Crippen LogP contribution in [-0.4, -0.2) is 23.9 Å². The predicted molar refractivity (Wildman–Crippen MR) is 52.9 cm³/mol. The van der Waals surface area contributed by atoms with Gasteiger partial charge in [0.2, 0.25) is 0 Å². The Kier molecular flexibility index (Phi) is 4.67. The van der Waals surface area contributed by atoms with Crippen LogP contribution >= 0.6 is 7.69 Å². The first-order chi connectivity index (χ1) is 5.85. The van der Waals surface area contributed by atoms with Gasteiger partial charge < -0.3 is 0 Å². The Morgan fingerprint density at radius 3 is 1.77 bits per heavy atom. The van der Waals surface area contributed by atoms with E-state index in [1.165, 1.54) is 0 Å². The first kappa shape index (κ1) is 13.2. The van der Waals surface area contributed by atoms with E-state index in [1.807, 2.05) is 0 Å². The molecule has 0 saturated carbocycles. The maximum absolute atomic E-state index is 13.4. The van der Waals surface area contributed by atoms with E-state index in [0.29, 0.717) is 11.1 Å². The fourth-order valence-corrected chi connectivity index (χ4v) is 3.43. The number of halogens is 3. The van der Waals surface area contributed by atoms with E-state index < -0.39 is 13.8 Å². The van der Waals surface area contributed by atoms with Gasteiger partial charge in [-0.05, 0) is 0 Å². The predicted octanol–water partition coefficient (Wildman–Crippen LogP) is 4.25. The number of nitrogens with zero attached hydrogens (tertiary/aromatic N) is 1. The van der Waals surface area contributed by atoms with E-state index >= 15 is 0 Å². The number of rotatable bonds is 6. The van der Waals surface area contributed by atoms with Crippen LogP contribution < -0.4 is 0 Å². The number of unbranched alkanes of at least 4 members (excludes halogenated alkanes) is 1. The van der Waals surface area contributed by atoms with Crippen molar-refractivity contribution < 1.29 is 12.6 Å². The van der Waals surface area contributed by atoms with Crippen molar-refractivity contribution in [2.75, 3.05) is 19.3 Å². The molecule has 0 fully saturated rings. The van der Waals surface area contributed by atoms with Gasteiger partial charge in [0.05, 0.1) is 0 Å². The van der Waals surface area contributed by atoms with Gasteiger partial charge in [-0.3, -0.25) is 0 Å². The van der Waals surface area contributed by atoms with Gasteiger partial charge in [-0.15, -0.1) is 0 Å². The van der Waals surface area contributed by atoms with Crippen molar-refractivity contribution >= 4 is 7.69 Å². The molecule has 82 valence electrons. The number of hydrogen-bond donors (Lipinski definition) is 0. The number of hydrogen-bond acceptors (Lipinski definition) is 1. The molecule has 0 N–H and O–H groups in total. The third-order valence-electron chi connectivity index (χ3n) is 2.12. The molecule has 0 aromatic carbocycles. The summed E-state index contributed by atoms with van der Waals surface area (Å²) >= 11 is 0. The molecule has 0 unspecified atom stereocenters. The quantitative estimate of drug-likeness (QED) is 0.601. The molecular formula is C8H19F3NP. The molecule has 0 rings (SSSR count). The molecule has 0 aromatic rings. The molecule has 0 aliphatic rings. The average Bonchev–Trinajstić information content (AvgIpc) is 2.02. The molecule has 0 saturated heterocycles. The van der Waals surface area contributed by atoms with Gasteiger partial charge in [0.1, 0.15) is 0 Å². The van der Waals surface area contributed by atoms with E-state index in [-0.39, 0.29) is 19.5 Å². The molecule has 0 atom stereocenters. The monoisotopic (exact) mass is 217 g/mol. The zero-order valence-corrected chi connectivity index (χ0v) is 9.46. The molecule has 0 aliphatic carbocycles. The molecule has 0 aliphatic heterocycles. The molecule has 13 heavy (non-hydrogen) atoms. The van der Waals surface area contributed by atoms with Crippen LogP contribution in [0.15, 0.2) is 0 Å². The summed E-state index contributed by atoms with van der Waals surface area (Å²) in [6, 6.07) is 0. The Bertz CT molecular complexity index is 151. The zero-order valence-electron chi connectivity index (χ0n) is 8.56. The van der Waals surface area contributed by atoms with Gasteiger partial charge in [0, 0.05) is 0 Å². The molecule has 0 bridgehead atoms. The Morgan fingerprint density at radius 2 is 1.46 bits per heavy atom. The fourth-order valence-electron chi connectivity index (χ4n) is 1.29. The molecular weight excluding hydrogens is 198 g/mol. The fraction of sp³-hybridized carbons (Fsp3) is 1.00. The van der Waals surface area contributed by atoms with Crippen LogP contribution in [0.2, 0.25) is 0 Å². The SMILES string of the molecule is CCCCP(F)(F)(F)N(CC)CC. The second kappa shape index (κ2) is 4.61. The van der Waals surface area contributed by atoms with Crippen molar-refractivity contribution in [1.82, 2.24) is 4.67 Å². The maximum atomic E-state index is 13.4. The van der Waals surface area contributed by atoms with Crippen molar-refractivity contribution in [3.8, 4) is 0 Å². The van der Waals surface area contributed by atoms with E-state index in [4.69, 9.17) is 0 Å². The van der Waals surface area contributed by atoms with Crippen LogP contribution in [0, 0.1) is 0 Å². The Morgan fingerprint density at radius 1 is 1.00 bits per heavy atom. The zero-order chi connectivity index (χ0) is 10.6. The Hall–Kier alpha value is 0.180. The van der Waals surface area contributed by atoms with Crippen LogP contribution in [0.4, 0.5) is 12.6 Å². The van der Waals surface area contributed by atoms with Crippen molar-refractivity contribution in [3.05, 3.63) is 0 Å². The third-order valence-corrected chi connectivity index (χ3v) is 4.75. The first-order valence-corrected chi connectivity index (χ1v) is 6.82. The molecule has 0 amide bonds. The van der Waals surface area contributed by atoms with E-state index in [2.05, 4.69) is 0 Å². The van der Waals surface area contributed by atoms with Crippen LogP contribution in [-0.2, 0) is 0 Å². The standard InChI is InChI=1S/C8H19F3NP/c1-4-7-8-13(9,10,11)12(5-2)6-3/h4-8H2,1-3H3. The molecule has 5 heteroatoms. The summed E-state index contributed by atoms with van der Waals surface area (Å²) < 4.78 is 40.8. The van der Waals surface area contributed by atoms with Crippen LogP contribution in [0.1, 0.15) is 33.6 Å². The minimum atomic E-state index is -5.99. The molecule has 0 spiro atoms. The van der Waals surface area contributed by atoms with Gasteiger partial charge >= 0.3 is 77.8 Å². The summed E-state index contributed by atoms with van der Waals surface area (Å²) in [5, 5.41) is 0. The first-order valence-electron chi connectivity index (χ1n) is 4.78. The van der Waals surface area contributed by atoms with Gasteiger partial charge in [-0.1, -0.05) is 0 Å². The topological polar surface area (TPSA) is 3.24 Å². The summed E-state index contributed by atoms with van der Waals surface area (Å²) in [6.45, 7) is 5.09. The molecule has 0 heterocycles. The van der Waals surface area contributed by atoms with E-state index in [9.17, 15) is 12.6 Å². The third kappa shape index (κ3) is 3.82. The van der Waals surface area contributed by atoms with Gasteiger partial charge in [-0.2, -0.15) is 0 Å². The van der Waals surface area contributed by atoms with Crippen molar-refractivity contribution in [2.45, 2.75) is 33.6 Å². The summed E-state index contributed by atoms with van der Waals surface area (Å²) in [4.78, 5) is 0. The summed E-state index contributed by atoms with van der Waals surface area (Å²) in [7, 11) is -5.99. The van der Waals surface area contributed by atoms with E-state index in [0.717, 1.165) is 0 Å². The average molecular weight is 217 g/mol. The van der Waals surface area contributed by atoms with Crippen molar-refractivity contribution in [3.63, 3.8) is 0 Å². The Labute approximate surface area is 78.6 Å². The van der Waals surface area contributed by atoms with Gasteiger partial charge in [0.15, 0.2) is 0 Å². The Balaban J connectivity index is 4.43. The van der Waals surface area contributed by atoms with Crippen LogP contribution in [0.3, 0.4) is 0 Å². The van der Waals surface area contributed by atoms with Crippen LogP contribution in [0.5, 0.6) is 0 Å². The summed E-state index contributed by atoms with van der Waals surface area (Å²) in [6.07, 6.45) is 0.290. The van der Waals surface area contributed by atoms with Gasteiger partial charge in [-0.25, -0.2) is 0 Å². The molecule has 0 radical (unpaired) electrons. The summed E-state index contributed by atoms with van der Waals surface area (Å²) in [5.74, 6) is 0. The summed E-state index contributed by atoms with van der Waals surface area (Å²) in [5.41, 5.74) is 0. The van der Waals surface area contributed by atoms with E-state index in [1.54, 1.807) is 20.8 Å². The van der Waals surface area contributed by atoms with Crippen molar-refractivity contribution in [2.24, 2.45) is 0 Å². The minimum absolute atomic E-state index is 0.0849.